The van der Waals surface area contributed by atoms with Gasteiger partial charge in [-0.3, -0.25) is 4.98 Å². The largest absolute Gasteiger partial charge is 0.387 e. The van der Waals surface area contributed by atoms with Gasteiger partial charge in [0, 0.05) is 6.20 Å². The average Bonchev–Trinajstić information content (AvgIpc) is 2.10. The van der Waals surface area contributed by atoms with Crippen LogP contribution < -0.4 is 0 Å². The number of nitrogens with zero attached hydrogens (tertiary/aromatic N) is 1. The molecule has 0 radical (unpaired) electrons. The average molecular weight is 153 g/mol. The SMILES string of the molecule is CC.CC(O)c1ccccn1. The lowest BCUT2D eigenvalue weighted by atomic mass is 10.2. The second-order valence-electron chi connectivity index (χ2n) is 1.93. The van der Waals surface area contributed by atoms with Crippen LogP contribution in [0.4, 0.5) is 0 Å². The van der Waals surface area contributed by atoms with E-state index in [4.69, 9.17) is 5.11 Å². The molecule has 1 N–H and O–H groups in total. The van der Waals surface area contributed by atoms with Crippen molar-refractivity contribution in [1.29, 1.82) is 0 Å². The summed E-state index contributed by atoms with van der Waals surface area (Å²) >= 11 is 0. The summed E-state index contributed by atoms with van der Waals surface area (Å²) in [6, 6.07) is 5.48. The van der Waals surface area contributed by atoms with Gasteiger partial charge < -0.3 is 5.11 Å². The Balaban J connectivity index is 0.000000461. The van der Waals surface area contributed by atoms with Crippen molar-refractivity contribution in [3.63, 3.8) is 0 Å². The first kappa shape index (κ1) is 10.1. The molecule has 0 amide bonds. The Hall–Kier alpha value is -0.890. The van der Waals surface area contributed by atoms with Gasteiger partial charge in [-0.05, 0) is 19.1 Å². The van der Waals surface area contributed by atoms with E-state index >= 15 is 0 Å². The third-order valence-corrected chi connectivity index (χ3v) is 1.12. The van der Waals surface area contributed by atoms with Crippen molar-refractivity contribution in [2.24, 2.45) is 0 Å². The molecule has 62 valence electrons. The molecule has 1 heterocycles. The van der Waals surface area contributed by atoms with E-state index in [0.29, 0.717) is 0 Å². The van der Waals surface area contributed by atoms with Crippen LogP contribution in [0.25, 0.3) is 0 Å². The third kappa shape index (κ3) is 3.73. The fraction of sp³-hybridized carbons (Fsp3) is 0.444. The van der Waals surface area contributed by atoms with Gasteiger partial charge in [0.1, 0.15) is 0 Å². The molecule has 0 aromatic carbocycles. The molecule has 1 atom stereocenters. The van der Waals surface area contributed by atoms with E-state index in [2.05, 4.69) is 4.98 Å². The van der Waals surface area contributed by atoms with Crippen molar-refractivity contribution >= 4 is 0 Å². The van der Waals surface area contributed by atoms with Crippen molar-refractivity contribution in [2.45, 2.75) is 26.9 Å². The van der Waals surface area contributed by atoms with Gasteiger partial charge in [0.15, 0.2) is 0 Å². The smallest absolute Gasteiger partial charge is 0.0931 e. The minimum atomic E-state index is -0.453. The van der Waals surface area contributed by atoms with Crippen LogP contribution in [0, 0.1) is 0 Å². The molecule has 0 aliphatic rings. The van der Waals surface area contributed by atoms with Crippen molar-refractivity contribution in [3.8, 4) is 0 Å². The first-order chi connectivity index (χ1) is 5.30. The Labute approximate surface area is 67.9 Å². The summed E-state index contributed by atoms with van der Waals surface area (Å²) in [5, 5.41) is 8.96. The number of aromatic nitrogens is 1. The van der Waals surface area contributed by atoms with Crippen molar-refractivity contribution in [3.05, 3.63) is 30.1 Å². The van der Waals surface area contributed by atoms with E-state index in [-0.39, 0.29) is 0 Å². The highest BCUT2D eigenvalue weighted by Gasteiger charge is 1.97. The van der Waals surface area contributed by atoms with Gasteiger partial charge in [-0.2, -0.15) is 0 Å². The molecular formula is C9H15NO. The molecule has 2 heteroatoms. The molecule has 1 rings (SSSR count). The highest BCUT2D eigenvalue weighted by atomic mass is 16.3. The zero-order valence-electron chi connectivity index (χ0n) is 7.28. The number of aliphatic hydroxyl groups excluding tert-OH is 1. The van der Waals surface area contributed by atoms with Gasteiger partial charge in [0.25, 0.3) is 0 Å². The number of rotatable bonds is 1. The molecule has 0 aliphatic heterocycles. The molecular weight excluding hydrogens is 138 g/mol. The Bertz CT molecular complexity index is 172. The number of hydrogen-bond donors (Lipinski definition) is 1. The summed E-state index contributed by atoms with van der Waals surface area (Å²) in [5.74, 6) is 0. The van der Waals surface area contributed by atoms with Gasteiger partial charge in [-0.1, -0.05) is 19.9 Å². The van der Waals surface area contributed by atoms with Crippen LogP contribution in [0.1, 0.15) is 32.6 Å². The predicted octanol–water partition coefficient (Wildman–Crippen LogP) is 2.16. The van der Waals surface area contributed by atoms with Crippen molar-refractivity contribution in [2.75, 3.05) is 0 Å². The molecule has 0 aliphatic carbocycles. The molecule has 2 nitrogen and oxygen atoms in total. The predicted molar refractivity (Wildman–Crippen MR) is 46.2 cm³/mol. The molecule has 0 saturated heterocycles. The zero-order chi connectivity index (χ0) is 8.69. The minimum absolute atomic E-state index is 0.453. The topological polar surface area (TPSA) is 33.1 Å². The quantitative estimate of drug-likeness (QED) is 0.670. The number of hydrogen-bond acceptors (Lipinski definition) is 2. The summed E-state index contributed by atoms with van der Waals surface area (Å²) in [4.78, 5) is 3.93. The summed E-state index contributed by atoms with van der Waals surface area (Å²) in [6.07, 6.45) is 1.22. The second-order valence-corrected chi connectivity index (χ2v) is 1.93. The molecule has 1 unspecified atom stereocenters. The monoisotopic (exact) mass is 153 g/mol. The Morgan fingerprint density at radius 1 is 1.36 bits per heavy atom. The molecule has 0 bridgehead atoms. The van der Waals surface area contributed by atoms with Crippen LogP contribution in [0.3, 0.4) is 0 Å². The van der Waals surface area contributed by atoms with E-state index in [1.54, 1.807) is 19.2 Å². The summed E-state index contributed by atoms with van der Waals surface area (Å²) in [7, 11) is 0. The van der Waals surface area contributed by atoms with Gasteiger partial charge in [0.2, 0.25) is 0 Å². The fourth-order valence-corrected chi connectivity index (χ4v) is 0.623. The lowest BCUT2D eigenvalue weighted by Gasteiger charge is -1.99. The highest BCUT2D eigenvalue weighted by molar-refractivity contribution is 5.05. The standard InChI is InChI=1S/C7H9NO.C2H6/c1-6(9)7-4-2-3-5-8-7;1-2/h2-6,9H,1H3;1-2H3. The van der Waals surface area contributed by atoms with Crippen LogP contribution in [0.5, 0.6) is 0 Å². The van der Waals surface area contributed by atoms with Gasteiger partial charge in [-0.25, -0.2) is 0 Å². The molecule has 0 fully saturated rings. The van der Waals surface area contributed by atoms with E-state index in [1.807, 2.05) is 26.0 Å². The lowest BCUT2D eigenvalue weighted by molar-refractivity contribution is 0.194. The maximum absolute atomic E-state index is 8.96. The summed E-state index contributed by atoms with van der Waals surface area (Å²) in [5.41, 5.74) is 0.720. The molecule has 0 saturated carbocycles. The van der Waals surface area contributed by atoms with Crippen molar-refractivity contribution in [1.82, 2.24) is 4.98 Å². The van der Waals surface area contributed by atoms with Gasteiger partial charge in [-0.15, -0.1) is 0 Å². The van der Waals surface area contributed by atoms with Gasteiger partial charge in [0.05, 0.1) is 11.8 Å². The van der Waals surface area contributed by atoms with E-state index in [1.165, 1.54) is 0 Å². The molecule has 1 aromatic heterocycles. The third-order valence-electron chi connectivity index (χ3n) is 1.12. The Morgan fingerprint density at radius 3 is 2.27 bits per heavy atom. The van der Waals surface area contributed by atoms with Crippen LogP contribution in [0.15, 0.2) is 24.4 Å². The molecule has 11 heavy (non-hydrogen) atoms. The Morgan fingerprint density at radius 2 is 2.00 bits per heavy atom. The minimum Gasteiger partial charge on any atom is -0.387 e. The molecule has 1 aromatic rings. The van der Waals surface area contributed by atoms with Crippen molar-refractivity contribution < 1.29 is 5.11 Å². The van der Waals surface area contributed by atoms with Gasteiger partial charge >= 0.3 is 0 Å². The van der Waals surface area contributed by atoms with Crippen LogP contribution in [0.2, 0.25) is 0 Å². The van der Waals surface area contributed by atoms with E-state index in [9.17, 15) is 0 Å². The summed E-state index contributed by atoms with van der Waals surface area (Å²) < 4.78 is 0. The van der Waals surface area contributed by atoms with Crippen LogP contribution in [-0.2, 0) is 0 Å². The van der Waals surface area contributed by atoms with E-state index < -0.39 is 6.10 Å². The first-order valence-electron chi connectivity index (χ1n) is 3.89. The van der Waals surface area contributed by atoms with Crippen LogP contribution >= 0.6 is 0 Å². The normalized spacial score (nSPS) is 11.3. The highest BCUT2D eigenvalue weighted by Crippen LogP contribution is 2.05. The zero-order valence-corrected chi connectivity index (χ0v) is 7.28. The second kappa shape index (κ2) is 5.86. The maximum Gasteiger partial charge on any atom is 0.0931 e. The first-order valence-corrected chi connectivity index (χ1v) is 3.89. The Kier molecular flexibility index (Phi) is 5.39. The number of aliphatic hydroxyl groups is 1. The number of pyridine rings is 1. The summed E-state index contributed by atoms with van der Waals surface area (Å²) in [6.45, 7) is 5.70. The maximum atomic E-state index is 8.96. The lowest BCUT2D eigenvalue weighted by Crippen LogP contribution is -1.92. The fourth-order valence-electron chi connectivity index (χ4n) is 0.623. The van der Waals surface area contributed by atoms with Crippen LogP contribution in [-0.4, -0.2) is 10.1 Å². The van der Waals surface area contributed by atoms with E-state index in [0.717, 1.165) is 5.69 Å². The molecule has 0 spiro atoms.